The van der Waals surface area contributed by atoms with Crippen LogP contribution in [0.5, 0.6) is 0 Å². The lowest BCUT2D eigenvalue weighted by atomic mass is 10.1. The largest absolute Gasteiger partial charge is 0.398 e. The molecule has 3 N–H and O–H groups in total. The molecular weight excluding hydrogens is 314 g/mol. The van der Waals surface area contributed by atoms with Gasteiger partial charge in [0.15, 0.2) is 0 Å². The summed E-state index contributed by atoms with van der Waals surface area (Å²) in [6.07, 6.45) is 0.319. The second kappa shape index (κ2) is 5.98. The van der Waals surface area contributed by atoms with Gasteiger partial charge in [0, 0.05) is 21.5 Å². The molecule has 2 aromatic carbocycles. The van der Waals surface area contributed by atoms with Crippen LogP contribution in [0.15, 0.2) is 34.8 Å². The summed E-state index contributed by atoms with van der Waals surface area (Å²) in [5.41, 5.74) is 11.7. The van der Waals surface area contributed by atoms with Crippen molar-refractivity contribution in [2.75, 3.05) is 11.1 Å². The van der Waals surface area contributed by atoms with Crippen molar-refractivity contribution in [2.45, 2.75) is 20.3 Å². The van der Waals surface area contributed by atoms with Gasteiger partial charge in [0.25, 0.3) is 0 Å². The summed E-state index contributed by atoms with van der Waals surface area (Å²) in [6.45, 7) is 4.13. The Morgan fingerprint density at radius 3 is 2.45 bits per heavy atom. The van der Waals surface area contributed by atoms with Gasteiger partial charge in [-0.15, -0.1) is 0 Å². The minimum absolute atomic E-state index is 0.319. The first kappa shape index (κ1) is 14.4. The van der Waals surface area contributed by atoms with E-state index in [1.54, 1.807) is 0 Å². The molecule has 0 saturated carbocycles. The first-order valence-corrected chi connectivity index (χ1v) is 7.09. The molecule has 102 valence electrons. The van der Waals surface area contributed by atoms with Crippen LogP contribution in [0, 0.1) is 25.2 Å². The number of rotatable bonds is 3. The molecular formula is C16H16BrN3. The molecule has 20 heavy (non-hydrogen) atoms. The maximum Gasteiger partial charge on any atom is 0.0670 e. The van der Waals surface area contributed by atoms with Crippen LogP contribution in [0.1, 0.15) is 16.7 Å². The van der Waals surface area contributed by atoms with Gasteiger partial charge in [-0.2, -0.15) is 5.26 Å². The third-order valence-corrected chi connectivity index (χ3v) is 3.64. The number of nitrogens with zero attached hydrogens (tertiary/aromatic N) is 1. The molecule has 0 aromatic heterocycles. The molecule has 2 aromatic rings. The highest BCUT2D eigenvalue weighted by atomic mass is 79.9. The van der Waals surface area contributed by atoms with Crippen LogP contribution in [0.25, 0.3) is 0 Å². The van der Waals surface area contributed by atoms with Crippen LogP contribution in [0.3, 0.4) is 0 Å². The summed E-state index contributed by atoms with van der Waals surface area (Å²) in [5, 5.41) is 12.2. The highest BCUT2D eigenvalue weighted by Crippen LogP contribution is 2.29. The van der Waals surface area contributed by atoms with E-state index in [9.17, 15) is 0 Å². The Bertz CT molecular complexity index is 664. The van der Waals surface area contributed by atoms with E-state index in [0.29, 0.717) is 12.1 Å². The number of aryl methyl sites for hydroxylation is 2. The highest BCUT2D eigenvalue weighted by molar-refractivity contribution is 9.10. The molecule has 0 heterocycles. The Labute approximate surface area is 127 Å². The highest BCUT2D eigenvalue weighted by Gasteiger charge is 2.06. The zero-order valence-corrected chi connectivity index (χ0v) is 13.1. The number of anilines is 3. The predicted molar refractivity (Wildman–Crippen MR) is 87.1 cm³/mol. The van der Waals surface area contributed by atoms with E-state index in [1.165, 1.54) is 0 Å². The lowest BCUT2D eigenvalue weighted by Crippen LogP contribution is -1.99. The predicted octanol–water partition coefficient (Wildman–Crippen LogP) is 4.46. The van der Waals surface area contributed by atoms with Crippen molar-refractivity contribution in [3.8, 4) is 6.07 Å². The summed E-state index contributed by atoms with van der Waals surface area (Å²) in [5.74, 6) is 0. The molecule has 4 heteroatoms. The molecule has 0 unspecified atom stereocenters. The second-order valence-corrected chi connectivity index (χ2v) is 5.70. The lowest BCUT2D eigenvalue weighted by molar-refractivity contribution is 1.26. The average molecular weight is 330 g/mol. The fourth-order valence-electron chi connectivity index (χ4n) is 2.17. The van der Waals surface area contributed by atoms with Gasteiger partial charge in [-0.05, 0) is 60.9 Å². The summed E-state index contributed by atoms with van der Waals surface area (Å²) < 4.78 is 1.07. The number of nitrogen functional groups attached to an aromatic ring is 1. The van der Waals surface area contributed by atoms with Crippen molar-refractivity contribution < 1.29 is 0 Å². The number of hydrogen-bond acceptors (Lipinski definition) is 3. The Morgan fingerprint density at radius 2 is 1.85 bits per heavy atom. The minimum atomic E-state index is 0.319. The lowest BCUT2D eigenvalue weighted by Gasteiger charge is -2.14. The number of hydrogen-bond donors (Lipinski definition) is 2. The van der Waals surface area contributed by atoms with Crippen molar-refractivity contribution in [1.82, 2.24) is 0 Å². The molecule has 0 amide bonds. The van der Waals surface area contributed by atoms with Gasteiger partial charge < -0.3 is 11.1 Å². The number of nitrogens with one attached hydrogen (secondary N) is 1. The van der Waals surface area contributed by atoms with E-state index >= 15 is 0 Å². The third-order valence-electron chi connectivity index (χ3n) is 3.18. The number of nitriles is 1. The van der Waals surface area contributed by atoms with E-state index in [4.69, 9.17) is 11.0 Å². The van der Waals surface area contributed by atoms with Crippen molar-refractivity contribution in [3.63, 3.8) is 0 Å². The zero-order chi connectivity index (χ0) is 14.7. The normalized spacial score (nSPS) is 10.1. The maximum atomic E-state index is 8.81. The maximum absolute atomic E-state index is 8.81. The zero-order valence-electron chi connectivity index (χ0n) is 11.5. The standard InChI is InChI=1S/C16H16BrN3/c1-10-7-13(17)8-11(2)16(10)20-14-3-4-15(19)12(9-14)5-6-18/h3-4,7-9,20H,5,19H2,1-2H3. The van der Waals surface area contributed by atoms with E-state index in [1.807, 2.05) is 18.2 Å². The van der Waals surface area contributed by atoms with E-state index in [2.05, 4.69) is 53.3 Å². The van der Waals surface area contributed by atoms with Crippen molar-refractivity contribution in [1.29, 1.82) is 5.26 Å². The second-order valence-electron chi connectivity index (χ2n) is 4.79. The van der Waals surface area contributed by atoms with Gasteiger partial charge >= 0.3 is 0 Å². The Kier molecular flexibility index (Phi) is 4.31. The van der Waals surface area contributed by atoms with E-state index < -0.39 is 0 Å². The average Bonchev–Trinajstić information content (AvgIpc) is 2.37. The summed E-state index contributed by atoms with van der Waals surface area (Å²) >= 11 is 3.49. The van der Waals surface area contributed by atoms with Crippen LogP contribution >= 0.6 is 15.9 Å². The van der Waals surface area contributed by atoms with Gasteiger partial charge in [0.05, 0.1) is 12.5 Å². The molecule has 0 aliphatic heterocycles. The quantitative estimate of drug-likeness (QED) is 0.817. The van der Waals surface area contributed by atoms with Crippen molar-refractivity contribution >= 4 is 33.0 Å². The minimum Gasteiger partial charge on any atom is -0.398 e. The molecule has 0 radical (unpaired) electrons. The molecule has 2 rings (SSSR count). The summed E-state index contributed by atoms with van der Waals surface area (Å²) in [6, 6.07) is 12.0. The summed E-state index contributed by atoms with van der Waals surface area (Å²) in [4.78, 5) is 0. The van der Waals surface area contributed by atoms with E-state index in [0.717, 1.165) is 32.5 Å². The third kappa shape index (κ3) is 3.12. The monoisotopic (exact) mass is 329 g/mol. The molecule has 0 bridgehead atoms. The van der Waals surface area contributed by atoms with Crippen LogP contribution in [-0.2, 0) is 6.42 Å². The topological polar surface area (TPSA) is 61.8 Å². The molecule has 0 atom stereocenters. The number of benzene rings is 2. The van der Waals surface area contributed by atoms with E-state index in [-0.39, 0.29) is 0 Å². The van der Waals surface area contributed by atoms with Crippen LogP contribution in [0.2, 0.25) is 0 Å². The first-order valence-electron chi connectivity index (χ1n) is 6.30. The Hall–Kier alpha value is -1.99. The van der Waals surface area contributed by atoms with Gasteiger partial charge in [-0.3, -0.25) is 0 Å². The smallest absolute Gasteiger partial charge is 0.0670 e. The first-order chi connectivity index (χ1) is 9.51. The molecule has 0 aliphatic carbocycles. The van der Waals surface area contributed by atoms with Crippen LogP contribution in [0.4, 0.5) is 17.1 Å². The molecule has 0 saturated heterocycles. The number of nitrogens with two attached hydrogens (primary N) is 1. The fourth-order valence-corrected chi connectivity index (χ4v) is 2.86. The van der Waals surface area contributed by atoms with Crippen molar-refractivity contribution in [3.05, 3.63) is 51.5 Å². The molecule has 0 fully saturated rings. The molecule has 0 spiro atoms. The SMILES string of the molecule is Cc1cc(Br)cc(C)c1Nc1ccc(N)c(CC#N)c1. The van der Waals surface area contributed by atoms with Gasteiger partial charge in [0.2, 0.25) is 0 Å². The number of halogens is 1. The Morgan fingerprint density at radius 1 is 1.20 bits per heavy atom. The van der Waals surface area contributed by atoms with Crippen LogP contribution < -0.4 is 11.1 Å². The van der Waals surface area contributed by atoms with Gasteiger partial charge in [-0.25, -0.2) is 0 Å². The summed E-state index contributed by atoms with van der Waals surface area (Å²) in [7, 11) is 0. The van der Waals surface area contributed by atoms with Gasteiger partial charge in [0.1, 0.15) is 0 Å². The fraction of sp³-hybridized carbons (Fsp3) is 0.188. The van der Waals surface area contributed by atoms with Crippen LogP contribution in [-0.4, -0.2) is 0 Å². The molecule has 3 nitrogen and oxygen atoms in total. The Balaban J connectivity index is 2.36. The van der Waals surface area contributed by atoms with Gasteiger partial charge in [-0.1, -0.05) is 15.9 Å². The van der Waals surface area contributed by atoms with Crippen molar-refractivity contribution in [2.24, 2.45) is 0 Å². The molecule has 0 aliphatic rings.